The average Bonchev–Trinajstić information content (AvgIpc) is 3.11. The van der Waals surface area contributed by atoms with Gasteiger partial charge in [0.1, 0.15) is 17.1 Å². The number of anilines is 3. The van der Waals surface area contributed by atoms with E-state index in [1.165, 1.54) is 47.4 Å². The molecule has 1 fully saturated rings. The molecule has 2 N–H and O–H groups in total. The van der Waals surface area contributed by atoms with E-state index in [-0.39, 0.29) is 33.2 Å². The topological polar surface area (TPSA) is 79.2 Å². The van der Waals surface area contributed by atoms with Gasteiger partial charge in [-0.3, -0.25) is 4.90 Å². The number of rotatable bonds is 3. The van der Waals surface area contributed by atoms with Gasteiger partial charge < -0.3 is 15.3 Å². The molecule has 0 radical (unpaired) electrons. The molecule has 0 atom stereocenters. The van der Waals surface area contributed by atoms with Crippen LogP contribution in [0.2, 0.25) is 0 Å². The Hall–Kier alpha value is -4.73. The minimum atomic E-state index is -4.87. The Morgan fingerprint density at radius 2 is 1.58 bits per heavy atom. The van der Waals surface area contributed by atoms with Crippen molar-refractivity contribution < 1.29 is 31.4 Å². The van der Waals surface area contributed by atoms with Crippen molar-refractivity contribution >= 4 is 63.2 Å². The first-order chi connectivity index (χ1) is 20.0. The third-order valence-electron chi connectivity index (χ3n) is 6.38. The summed E-state index contributed by atoms with van der Waals surface area (Å²) in [6.45, 7) is 10.4. The molecule has 0 aromatic heterocycles. The van der Waals surface area contributed by atoms with Crippen LogP contribution in [-0.2, 0) is 12.4 Å². The van der Waals surface area contributed by atoms with Gasteiger partial charge in [-0.1, -0.05) is 6.07 Å². The molecular weight excluding hydrogens is 614 g/mol. The highest BCUT2D eigenvalue weighted by Crippen LogP contribution is 2.42. The Bertz CT molecular complexity index is 1740. The van der Waals surface area contributed by atoms with Crippen LogP contribution in [0.15, 0.2) is 65.7 Å². The highest BCUT2D eigenvalue weighted by atomic mass is 32.1. The third-order valence-corrected chi connectivity index (χ3v) is 6.94. The average molecular weight is 633 g/mol. The molecule has 220 valence electrons. The zero-order valence-corrected chi connectivity index (χ0v) is 23.7. The molecule has 0 aliphatic carbocycles. The smallest absolute Gasteiger partial charge is 0.417 e. The van der Waals surface area contributed by atoms with Gasteiger partial charge >= 0.3 is 12.4 Å². The Balaban J connectivity index is 1.85. The van der Waals surface area contributed by atoms with Crippen molar-refractivity contribution in [2.24, 2.45) is 4.99 Å². The van der Waals surface area contributed by atoms with E-state index in [4.69, 9.17) is 36.3 Å². The van der Waals surface area contributed by atoms with Crippen LogP contribution in [0.3, 0.4) is 0 Å². The summed E-state index contributed by atoms with van der Waals surface area (Å²) in [5.74, 6) is -0.0376. The molecule has 0 saturated carbocycles. The first-order valence-electron chi connectivity index (χ1n) is 12.0. The van der Waals surface area contributed by atoms with Crippen molar-refractivity contribution in [2.45, 2.75) is 31.7 Å². The maximum atomic E-state index is 13.9. The fraction of sp³-hybridized carbons (Fsp3) is 0.179. The number of nitrogens with zero attached hydrogens (tertiary/aromatic N) is 5. The summed E-state index contributed by atoms with van der Waals surface area (Å²) >= 11 is 11.0. The number of thiocarbonyl (C=S) groups is 2. The number of hydrogen-bond donors (Lipinski definition) is 2. The van der Waals surface area contributed by atoms with Gasteiger partial charge in [-0.15, -0.1) is 0 Å². The van der Waals surface area contributed by atoms with E-state index in [1.54, 1.807) is 18.7 Å². The summed E-state index contributed by atoms with van der Waals surface area (Å²) in [5.41, 5.74) is -4.64. The quantitative estimate of drug-likeness (QED) is 0.172. The summed E-state index contributed by atoms with van der Waals surface area (Å²) < 4.78 is 82.0. The Morgan fingerprint density at radius 3 is 2.14 bits per heavy atom. The van der Waals surface area contributed by atoms with Crippen LogP contribution in [0, 0.1) is 17.9 Å². The Morgan fingerprint density at radius 1 is 0.977 bits per heavy atom. The van der Waals surface area contributed by atoms with Gasteiger partial charge in [-0.2, -0.15) is 31.6 Å². The van der Waals surface area contributed by atoms with E-state index in [1.807, 2.05) is 0 Å². The van der Waals surface area contributed by atoms with Crippen molar-refractivity contribution in [2.75, 3.05) is 15.1 Å². The van der Waals surface area contributed by atoms with Crippen LogP contribution in [0.1, 0.15) is 30.5 Å². The molecule has 1 heterocycles. The molecule has 4 rings (SSSR count). The van der Waals surface area contributed by atoms with Crippen LogP contribution < -0.4 is 15.1 Å². The molecule has 1 aliphatic heterocycles. The zero-order valence-electron chi connectivity index (χ0n) is 22.0. The molecular formula is C28H18F6N6OS2. The van der Waals surface area contributed by atoms with Crippen LogP contribution in [0.4, 0.5) is 49.1 Å². The summed E-state index contributed by atoms with van der Waals surface area (Å²) in [4.78, 5) is 10.1. The maximum absolute atomic E-state index is 13.9. The highest BCUT2D eigenvalue weighted by Gasteiger charge is 2.49. The van der Waals surface area contributed by atoms with Crippen molar-refractivity contribution in [1.82, 2.24) is 0 Å². The molecule has 3 aromatic rings. The van der Waals surface area contributed by atoms with E-state index < -0.39 is 40.3 Å². The lowest BCUT2D eigenvalue weighted by molar-refractivity contribution is -0.138. The molecule has 3 aromatic carbocycles. The summed E-state index contributed by atoms with van der Waals surface area (Å²) in [6, 6.07) is 13.2. The highest BCUT2D eigenvalue weighted by molar-refractivity contribution is 7.81. The first-order valence-corrected chi connectivity index (χ1v) is 12.8. The number of phenolic OH excluding ortho intramolecular Hbond substituents is 1. The maximum Gasteiger partial charge on any atom is 0.417 e. The molecule has 7 nitrogen and oxygen atoms in total. The van der Waals surface area contributed by atoms with Gasteiger partial charge in [0.05, 0.1) is 29.3 Å². The normalized spacial score (nSPS) is 15.8. The molecule has 0 unspecified atom stereocenters. The largest absolute Gasteiger partial charge is 0.508 e. The zero-order chi connectivity index (χ0) is 31.9. The van der Waals surface area contributed by atoms with Gasteiger partial charge in [0, 0.05) is 17.1 Å². The van der Waals surface area contributed by atoms with Gasteiger partial charge in [0.15, 0.2) is 15.9 Å². The van der Waals surface area contributed by atoms with Gasteiger partial charge in [-0.25, -0.2) is 9.84 Å². The van der Waals surface area contributed by atoms with E-state index in [9.17, 15) is 31.4 Å². The second-order valence-electron chi connectivity index (χ2n) is 9.58. The number of aromatic hydroxyl groups is 1. The predicted molar refractivity (Wildman–Crippen MR) is 157 cm³/mol. The number of benzene rings is 3. The standard InChI is InChI=1S/C28H18F6N6OS2/c1-26(2)23(38-24(42)37-16-5-4-15(14-35)20(12-16)27(29,30)31)39(25(43)40(26)17-6-9-19(41)10-7-17)18-8-11-22(36-3)21(13-18)28(32,33)34/h4-13,41H,1-2H3,(H,37,42)/b38-23+. The number of halogens is 6. The fourth-order valence-electron chi connectivity index (χ4n) is 4.45. The monoisotopic (exact) mass is 632 g/mol. The Labute approximate surface area is 252 Å². The number of alkyl halides is 6. The minimum absolute atomic E-state index is 0.0106. The van der Waals surface area contributed by atoms with Crippen LogP contribution in [-0.4, -0.2) is 26.7 Å². The lowest BCUT2D eigenvalue weighted by Gasteiger charge is -2.31. The number of nitriles is 1. The number of nitrogens with one attached hydrogen (secondary N) is 1. The van der Waals surface area contributed by atoms with Crippen LogP contribution in [0.5, 0.6) is 5.75 Å². The molecule has 0 amide bonds. The van der Waals surface area contributed by atoms with E-state index >= 15 is 0 Å². The fourth-order valence-corrected chi connectivity index (χ4v) is 5.18. The molecule has 43 heavy (non-hydrogen) atoms. The second kappa shape index (κ2) is 11.2. The predicted octanol–water partition coefficient (Wildman–Crippen LogP) is 8.04. The van der Waals surface area contributed by atoms with Crippen LogP contribution >= 0.6 is 24.4 Å². The van der Waals surface area contributed by atoms with E-state index in [0.717, 1.165) is 18.2 Å². The molecule has 15 heteroatoms. The molecule has 0 spiro atoms. The summed E-state index contributed by atoms with van der Waals surface area (Å²) in [5, 5.41) is 21.0. The number of phenols is 1. The SMILES string of the molecule is [C-]#[N+]c1ccc(N2C(=S)N(c3ccc(O)cc3)C(C)(C)/C2=N\C(=S)Nc2ccc(C#N)c(C(F)(F)F)c2)cc1C(F)(F)F. The van der Waals surface area contributed by atoms with Crippen molar-refractivity contribution in [3.05, 3.63) is 88.8 Å². The lowest BCUT2D eigenvalue weighted by atomic mass is 10.0. The Kier molecular flexibility index (Phi) is 8.10. The van der Waals surface area contributed by atoms with Crippen molar-refractivity contribution in [1.29, 1.82) is 5.26 Å². The summed E-state index contributed by atoms with van der Waals surface area (Å²) in [7, 11) is 0. The van der Waals surface area contributed by atoms with E-state index in [2.05, 4.69) is 15.2 Å². The van der Waals surface area contributed by atoms with E-state index in [0.29, 0.717) is 11.8 Å². The van der Waals surface area contributed by atoms with Crippen molar-refractivity contribution in [3.8, 4) is 11.8 Å². The molecule has 1 saturated heterocycles. The van der Waals surface area contributed by atoms with Gasteiger partial charge in [0.25, 0.3) is 0 Å². The first kappa shape index (κ1) is 31.2. The molecule has 1 aliphatic rings. The lowest BCUT2D eigenvalue weighted by Crippen LogP contribution is -2.45. The van der Waals surface area contributed by atoms with Crippen molar-refractivity contribution in [3.63, 3.8) is 0 Å². The van der Waals surface area contributed by atoms with Crippen LogP contribution in [0.25, 0.3) is 4.85 Å². The number of hydrogen-bond acceptors (Lipinski definition) is 4. The minimum Gasteiger partial charge on any atom is -0.508 e. The molecule has 0 bridgehead atoms. The van der Waals surface area contributed by atoms with Gasteiger partial charge in [0.2, 0.25) is 0 Å². The number of aliphatic imine (C=N–C) groups is 1. The number of amidine groups is 1. The summed E-state index contributed by atoms with van der Waals surface area (Å²) in [6.07, 6.45) is -9.70. The second-order valence-corrected chi connectivity index (χ2v) is 10.3. The van der Waals surface area contributed by atoms with Gasteiger partial charge in [-0.05, 0) is 92.9 Å². The third kappa shape index (κ3) is 6.09.